The fourth-order valence-electron chi connectivity index (χ4n) is 2.93. The zero-order valence-electron chi connectivity index (χ0n) is 16.0. The number of methoxy groups -OCH3 is 1. The van der Waals surface area contributed by atoms with Crippen molar-refractivity contribution >= 4 is 5.91 Å². The second-order valence-electron chi connectivity index (χ2n) is 6.52. The van der Waals surface area contributed by atoms with Crippen molar-refractivity contribution in [1.29, 1.82) is 0 Å². The van der Waals surface area contributed by atoms with Gasteiger partial charge in [-0.3, -0.25) is 9.59 Å². The largest absolute Gasteiger partial charge is 0.481 e. The van der Waals surface area contributed by atoms with E-state index in [2.05, 4.69) is 10.4 Å². The van der Waals surface area contributed by atoms with E-state index >= 15 is 0 Å². The number of aromatic nitrogens is 2. The summed E-state index contributed by atoms with van der Waals surface area (Å²) >= 11 is 0. The number of aryl methyl sites for hydroxylation is 1. The fraction of sp³-hybridized carbons (Fsp3) is 0.190. The van der Waals surface area contributed by atoms with Gasteiger partial charge in [-0.15, -0.1) is 0 Å². The molecular formula is C21H19N3O5. The van der Waals surface area contributed by atoms with Crippen molar-refractivity contribution in [3.63, 3.8) is 0 Å². The van der Waals surface area contributed by atoms with Gasteiger partial charge in [-0.05, 0) is 36.8 Å². The van der Waals surface area contributed by atoms with Crippen LogP contribution < -0.4 is 25.0 Å². The van der Waals surface area contributed by atoms with E-state index in [1.165, 1.54) is 17.9 Å². The molecule has 0 saturated heterocycles. The van der Waals surface area contributed by atoms with Crippen molar-refractivity contribution in [2.75, 3.05) is 13.9 Å². The summed E-state index contributed by atoms with van der Waals surface area (Å²) in [7, 11) is 1.44. The molecule has 8 nitrogen and oxygen atoms in total. The molecule has 0 fully saturated rings. The van der Waals surface area contributed by atoms with Gasteiger partial charge in [-0.2, -0.15) is 5.10 Å². The average Bonchev–Trinajstić information content (AvgIpc) is 3.20. The zero-order chi connectivity index (χ0) is 20.4. The molecule has 3 aromatic rings. The van der Waals surface area contributed by atoms with Crippen LogP contribution in [0.4, 0.5) is 0 Å². The van der Waals surface area contributed by atoms with Crippen LogP contribution in [0.3, 0.4) is 0 Å². The van der Waals surface area contributed by atoms with E-state index in [0.717, 1.165) is 11.1 Å². The fourth-order valence-corrected chi connectivity index (χ4v) is 2.93. The first kappa shape index (κ1) is 18.5. The second-order valence-corrected chi connectivity index (χ2v) is 6.52. The molecule has 1 aliphatic heterocycles. The molecule has 148 valence electrons. The van der Waals surface area contributed by atoms with Crippen LogP contribution in [0.1, 0.15) is 21.6 Å². The minimum atomic E-state index is -0.573. The van der Waals surface area contributed by atoms with Crippen LogP contribution in [0, 0.1) is 6.92 Å². The number of fused-ring (bicyclic) bond motifs is 1. The Morgan fingerprint density at radius 1 is 1.14 bits per heavy atom. The van der Waals surface area contributed by atoms with Crippen LogP contribution in [0.15, 0.2) is 53.3 Å². The lowest BCUT2D eigenvalue weighted by Crippen LogP contribution is -2.31. The molecule has 0 radical (unpaired) electrons. The van der Waals surface area contributed by atoms with Gasteiger partial charge in [0.1, 0.15) is 0 Å². The molecule has 4 rings (SSSR count). The summed E-state index contributed by atoms with van der Waals surface area (Å²) in [6.07, 6.45) is 0. The van der Waals surface area contributed by atoms with Gasteiger partial charge in [0, 0.05) is 6.54 Å². The summed E-state index contributed by atoms with van der Waals surface area (Å²) in [4.78, 5) is 25.0. The number of ether oxygens (including phenoxy) is 3. The monoisotopic (exact) mass is 393 g/mol. The smallest absolute Gasteiger partial charge is 0.276 e. The average molecular weight is 393 g/mol. The lowest BCUT2D eigenvalue weighted by molar-refractivity contribution is 0.0942. The van der Waals surface area contributed by atoms with E-state index in [-0.39, 0.29) is 24.9 Å². The Bertz CT molecular complexity index is 1120. The summed E-state index contributed by atoms with van der Waals surface area (Å²) in [6.45, 7) is 2.36. The molecular weight excluding hydrogens is 374 g/mol. The third kappa shape index (κ3) is 3.77. The van der Waals surface area contributed by atoms with Crippen molar-refractivity contribution in [2.45, 2.75) is 13.5 Å². The predicted octanol–water partition coefficient (Wildman–Crippen LogP) is 2.21. The highest BCUT2D eigenvalue weighted by Crippen LogP contribution is 2.32. The number of nitrogens with one attached hydrogen (secondary N) is 1. The van der Waals surface area contributed by atoms with Crippen molar-refractivity contribution in [3.8, 4) is 23.1 Å². The maximum Gasteiger partial charge on any atom is 0.276 e. The third-order valence-corrected chi connectivity index (χ3v) is 4.49. The Kier molecular flexibility index (Phi) is 4.90. The topological polar surface area (TPSA) is 91.7 Å². The van der Waals surface area contributed by atoms with Gasteiger partial charge in [0.15, 0.2) is 17.2 Å². The highest BCUT2D eigenvalue weighted by atomic mass is 16.7. The van der Waals surface area contributed by atoms with E-state index in [1.807, 2.05) is 37.3 Å². The molecule has 1 amide bonds. The van der Waals surface area contributed by atoms with Gasteiger partial charge in [-0.1, -0.05) is 23.8 Å². The molecule has 1 N–H and O–H groups in total. The van der Waals surface area contributed by atoms with Crippen LogP contribution in [0.5, 0.6) is 17.4 Å². The zero-order valence-corrected chi connectivity index (χ0v) is 16.0. The Hall–Kier alpha value is -3.81. The molecule has 29 heavy (non-hydrogen) atoms. The number of hydrogen-bond donors (Lipinski definition) is 1. The third-order valence-electron chi connectivity index (χ3n) is 4.49. The molecule has 2 aromatic carbocycles. The number of carbonyl (C=O) groups excluding carboxylic acids is 1. The lowest BCUT2D eigenvalue weighted by Gasteiger charge is -2.13. The van der Waals surface area contributed by atoms with Crippen molar-refractivity contribution in [2.24, 2.45) is 0 Å². The highest BCUT2D eigenvalue weighted by Gasteiger charge is 2.18. The molecule has 0 unspecified atom stereocenters. The first-order valence-corrected chi connectivity index (χ1v) is 8.97. The van der Waals surface area contributed by atoms with Gasteiger partial charge >= 0.3 is 0 Å². The first-order chi connectivity index (χ1) is 14.0. The van der Waals surface area contributed by atoms with E-state index in [1.54, 1.807) is 12.1 Å². The quantitative estimate of drug-likeness (QED) is 0.715. The molecule has 1 aliphatic rings. The van der Waals surface area contributed by atoms with Gasteiger partial charge in [-0.25, -0.2) is 4.68 Å². The van der Waals surface area contributed by atoms with E-state index in [9.17, 15) is 9.59 Å². The second kappa shape index (κ2) is 7.67. The Balaban J connectivity index is 1.58. The first-order valence-electron chi connectivity index (χ1n) is 8.97. The minimum absolute atomic E-state index is 0.180. The SMILES string of the molecule is COc1cc(=O)c(C(=O)NCc2ccc3c(c2)OCO3)nn1-c1ccc(C)cc1. The van der Waals surface area contributed by atoms with Crippen LogP contribution >= 0.6 is 0 Å². The highest BCUT2D eigenvalue weighted by molar-refractivity contribution is 5.92. The molecule has 0 saturated carbocycles. The van der Waals surface area contributed by atoms with Gasteiger partial charge in [0.05, 0.1) is 18.9 Å². The van der Waals surface area contributed by atoms with E-state index in [4.69, 9.17) is 14.2 Å². The van der Waals surface area contributed by atoms with Crippen LogP contribution in [0.2, 0.25) is 0 Å². The van der Waals surface area contributed by atoms with E-state index < -0.39 is 11.3 Å². The summed E-state index contributed by atoms with van der Waals surface area (Å²) in [5, 5.41) is 6.96. The van der Waals surface area contributed by atoms with Gasteiger partial charge in [0.2, 0.25) is 18.1 Å². The molecule has 0 bridgehead atoms. The molecule has 0 spiro atoms. The molecule has 0 atom stereocenters. The predicted molar refractivity (Wildman–Crippen MR) is 105 cm³/mol. The lowest BCUT2D eigenvalue weighted by atomic mass is 10.2. The number of nitrogens with zero attached hydrogens (tertiary/aromatic N) is 2. The normalized spacial score (nSPS) is 11.9. The van der Waals surface area contributed by atoms with Crippen LogP contribution in [0.25, 0.3) is 5.69 Å². The Labute approximate surface area is 166 Å². The number of benzene rings is 2. The number of hydrogen-bond acceptors (Lipinski definition) is 6. The number of carbonyl (C=O) groups is 1. The molecule has 0 aliphatic carbocycles. The summed E-state index contributed by atoms with van der Waals surface area (Å²) in [5.41, 5.74) is 1.84. The maximum absolute atomic E-state index is 12.6. The van der Waals surface area contributed by atoms with Crippen molar-refractivity contribution < 1.29 is 19.0 Å². The standard InChI is InChI=1S/C21H19N3O5/c1-13-3-6-15(7-4-13)24-19(27-2)10-16(25)20(23-24)21(26)22-11-14-5-8-17-18(9-14)29-12-28-17/h3-10H,11-12H2,1-2H3,(H,22,26). The van der Waals surface area contributed by atoms with Crippen molar-refractivity contribution in [3.05, 3.63) is 75.6 Å². The van der Waals surface area contributed by atoms with Crippen LogP contribution in [-0.2, 0) is 6.54 Å². The Morgan fingerprint density at radius 2 is 1.90 bits per heavy atom. The van der Waals surface area contributed by atoms with Crippen LogP contribution in [-0.4, -0.2) is 29.6 Å². The molecule has 1 aromatic heterocycles. The molecule has 8 heteroatoms. The number of rotatable bonds is 5. The van der Waals surface area contributed by atoms with Crippen molar-refractivity contribution in [1.82, 2.24) is 15.1 Å². The summed E-state index contributed by atoms with van der Waals surface area (Å²) in [5.74, 6) is 0.960. The van der Waals surface area contributed by atoms with Gasteiger partial charge < -0.3 is 19.5 Å². The number of amides is 1. The molecule has 2 heterocycles. The van der Waals surface area contributed by atoms with Gasteiger partial charge in [0.25, 0.3) is 5.91 Å². The Morgan fingerprint density at radius 3 is 2.66 bits per heavy atom. The maximum atomic E-state index is 12.6. The summed E-state index contributed by atoms with van der Waals surface area (Å²) in [6, 6.07) is 14.1. The van der Waals surface area contributed by atoms with E-state index in [0.29, 0.717) is 17.2 Å². The summed E-state index contributed by atoms with van der Waals surface area (Å²) < 4.78 is 17.3. The minimum Gasteiger partial charge on any atom is -0.481 e.